The number of carboxylic acids is 1. The van der Waals surface area contributed by atoms with Gasteiger partial charge in [0, 0.05) is 23.4 Å². The first-order valence-electron chi connectivity index (χ1n) is 9.46. The summed E-state index contributed by atoms with van der Waals surface area (Å²) >= 11 is 0. The van der Waals surface area contributed by atoms with E-state index in [-0.39, 0.29) is 17.4 Å². The number of carboxylic acid groups (broad SMARTS) is 1. The van der Waals surface area contributed by atoms with E-state index in [9.17, 15) is 19.5 Å². The van der Waals surface area contributed by atoms with Crippen molar-refractivity contribution in [3.63, 3.8) is 0 Å². The molecular weight excluding hydrogens is 348 g/mol. The van der Waals surface area contributed by atoms with Crippen LogP contribution < -0.4 is 5.32 Å². The number of rotatable bonds is 7. The minimum Gasteiger partial charge on any atom is -0.480 e. The van der Waals surface area contributed by atoms with Gasteiger partial charge in [0.2, 0.25) is 5.91 Å². The van der Waals surface area contributed by atoms with Gasteiger partial charge in [0.25, 0.3) is 0 Å². The highest BCUT2D eigenvalue weighted by Gasteiger charge is 2.68. The first-order chi connectivity index (χ1) is 12.3. The Labute approximate surface area is 161 Å². The molecule has 1 aliphatic carbocycles. The van der Waals surface area contributed by atoms with E-state index < -0.39 is 29.1 Å². The van der Waals surface area contributed by atoms with Gasteiger partial charge in [-0.15, -0.1) is 6.58 Å². The number of hydrogen-bond donors (Lipinski definition) is 2. The molecule has 27 heavy (non-hydrogen) atoms. The summed E-state index contributed by atoms with van der Waals surface area (Å²) in [5.41, 5.74) is -1.58. The van der Waals surface area contributed by atoms with E-state index in [0.29, 0.717) is 25.8 Å². The van der Waals surface area contributed by atoms with Gasteiger partial charge in [0.05, 0.1) is 0 Å². The molecule has 0 aromatic carbocycles. The fourth-order valence-corrected chi connectivity index (χ4v) is 3.75. The van der Waals surface area contributed by atoms with Crippen LogP contribution >= 0.6 is 0 Å². The Bertz CT molecular complexity index is 637. The normalized spacial score (nSPS) is 26.9. The second-order valence-electron chi connectivity index (χ2n) is 9.42. The molecule has 0 aromatic rings. The summed E-state index contributed by atoms with van der Waals surface area (Å²) in [6.07, 6.45) is 3.65. The summed E-state index contributed by atoms with van der Waals surface area (Å²) < 4.78 is 5.40. The molecule has 3 atom stereocenters. The largest absolute Gasteiger partial charge is 0.480 e. The molecule has 1 aliphatic heterocycles. The average Bonchev–Trinajstić information content (AvgIpc) is 3.13. The fraction of sp³-hybridized carbons (Fsp3) is 0.750. The van der Waals surface area contributed by atoms with Crippen molar-refractivity contribution in [3.05, 3.63) is 12.7 Å². The van der Waals surface area contributed by atoms with Gasteiger partial charge in [0.1, 0.15) is 11.6 Å². The van der Waals surface area contributed by atoms with Crippen LogP contribution in [0, 0.1) is 10.8 Å². The zero-order chi connectivity index (χ0) is 20.6. The van der Waals surface area contributed by atoms with Crippen LogP contribution in [-0.4, -0.2) is 52.2 Å². The number of amides is 2. The molecule has 7 heteroatoms. The van der Waals surface area contributed by atoms with Crippen molar-refractivity contribution in [1.82, 2.24) is 10.2 Å². The van der Waals surface area contributed by atoms with Gasteiger partial charge in [-0.25, -0.2) is 9.59 Å². The van der Waals surface area contributed by atoms with Crippen LogP contribution in [0.5, 0.6) is 0 Å². The summed E-state index contributed by atoms with van der Waals surface area (Å²) in [5, 5.41) is 12.5. The Morgan fingerprint density at radius 2 is 1.89 bits per heavy atom. The molecule has 1 saturated heterocycles. The molecule has 152 valence electrons. The van der Waals surface area contributed by atoms with Crippen LogP contribution in [0.2, 0.25) is 0 Å². The van der Waals surface area contributed by atoms with Crippen molar-refractivity contribution < 1.29 is 24.2 Å². The minimum atomic E-state index is -1.04. The summed E-state index contributed by atoms with van der Waals surface area (Å²) in [5.74, 6) is -1.10. The summed E-state index contributed by atoms with van der Waals surface area (Å²) in [7, 11) is 0. The van der Waals surface area contributed by atoms with Gasteiger partial charge >= 0.3 is 12.1 Å². The number of aliphatic carboxylic acids is 1. The summed E-state index contributed by atoms with van der Waals surface area (Å²) in [4.78, 5) is 38.1. The van der Waals surface area contributed by atoms with Crippen LogP contribution in [0.1, 0.15) is 60.3 Å². The number of carbonyl (C=O) groups excluding carboxylic acids is 2. The van der Waals surface area contributed by atoms with Gasteiger partial charge in [-0.1, -0.05) is 19.9 Å². The molecule has 0 bridgehead atoms. The average molecular weight is 380 g/mol. The molecule has 7 nitrogen and oxygen atoms in total. The lowest BCUT2D eigenvalue weighted by molar-refractivity contribution is -0.142. The Kier molecular flexibility index (Phi) is 5.64. The number of allylic oxidation sites excluding steroid dienone is 1. The highest BCUT2D eigenvalue weighted by atomic mass is 16.6. The Hall–Kier alpha value is -2.05. The summed E-state index contributed by atoms with van der Waals surface area (Å²) in [6, 6.07) is -1.12. The van der Waals surface area contributed by atoms with E-state index in [1.54, 1.807) is 26.8 Å². The smallest absolute Gasteiger partial charge is 0.411 e. The van der Waals surface area contributed by atoms with E-state index in [2.05, 4.69) is 11.9 Å². The quantitative estimate of drug-likeness (QED) is 0.662. The molecule has 1 heterocycles. The van der Waals surface area contributed by atoms with Gasteiger partial charge in [-0.3, -0.25) is 9.69 Å². The number of fused-ring (bicyclic) bond motifs is 1. The van der Waals surface area contributed by atoms with E-state index >= 15 is 0 Å². The maximum atomic E-state index is 12.5. The lowest BCUT2D eigenvalue weighted by Crippen LogP contribution is -2.45. The molecule has 2 rings (SSSR count). The number of carbonyl (C=O) groups is 3. The van der Waals surface area contributed by atoms with Crippen LogP contribution in [0.4, 0.5) is 4.79 Å². The number of hydrogen-bond acceptors (Lipinski definition) is 4. The highest BCUT2D eigenvalue weighted by Crippen LogP contribution is 2.59. The van der Waals surface area contributed by atoms with Crippen LogP contribution in [0.15, 0.2) is 12.7 Å². The number of piperidine rings is 1. The predicted molar refractivity (Wildman–Crippen MR) is 101 cm³/mol. The third kappa shape index (κ3) is 4.62. The Morgan fingerprint density at radius 1 is 1.26 bits per heavy atom. The monoisotopic (exact) mass is 380 g/mol. The Balaban J connectivity index is 2.04. The van der Waals surface area contributed by atoms with E-state index in [1.807, 2.05) is 13.8 Å². The molecule has 0 spiro atoms. The lowest BCUT2D eigenvalue weighted by Gasteiger charge is -2.28. The molecule has 2 N–H and O–H groups in total. The van der Waals surface area contributed by atoms with Crippen molar-refractivity contribution in [2.75, 3.05) is 6.54 Å². The van der Waals surface area contributed by atoms with Gasteiger partial charge in [0.15, 0.2) is 0 Å². The maximum Gasteiger partial charge on any atom is 0.411 e. The topological polar surface area (TPSA) is 95.9 Å². The molecular formula is C20H32N2O5. The SMILES string of the molecule is C=CCCC(C)(C)C(=O)NC[C@@]12C[C@@H](C(=O)O)N(C(=O)OC(C)(C)C)[C@@H]1C2. The van der Waals surface area contributed by atoms with E-state index in [4.69, 9.17) is 4.74 Å². The third-order valence-corrected chi connectivity index (χ3v) is 5.50. The number of nitrogens with one attached hydrogen (secondary N) is 1. The lowest BCUT2D eigenvalue weighted by atomic mass is 9.86. The van der Waals surface area contributed by atoms with Gasteiger partial charge in [-0.05, 0) is 46.5 Å². The van der Waals surface area contributed by atoms with E-state index in [0.717, 1.165) is 6.42 Å². The molecule has 1 saturated carbocycles. The third-order valence-electron chi connectivity index (χ3n) is 5.50. The molecule has 0 radical (unpaired) electrons. The highest BCUT2D eigenvalue weighted by molar-refractivity contribution is 5.83. The first kappa shape index (κ1) is 21.3. The van der Waals surface area contributed by atoms with Crippen molar-refractivity contribution >= 4 is 18.0 Å². The molecule has 2 amide bonds. The van der Waals surface area contributed by atoms with Crippen molar-refractivity contribution in [1.29, 1.82) is 0 Å². The van der Waals surface area contributed by atoms with E-state index in [1.165, 1.54) is 4.90 Å². The maximum absolute atomic E-state index is 12.5. The zero-order valence-corrected chi connectivity index (χ0v) is 17.0. The molecule has 0 aromatic heterocycles. The first-order valence-corrected chi connectivity index (χ1v) is 9.46. The molecule has 2 fully saturated rings. The summed E-state index contributed by atoms with van der Waals surface area (Å²) in [6.45, 7) is 13.1. The van der Waals surface area contributed by atoms with Gasteiger partial charge < -0.3 is 15.2 Å². The Morgan fingerprint density at radius 3 is 2.41 bits per heavy atom. The van der Waals surface area contributed by atoms with Crippen LogP contribution in [-0.2, 0) is 14.3 Å². The van der Waals surface area contributed by atoms with Crippen molar-refractivity contribution in [3.8, 4) is 0 Å². The predicted octanol–water partition coefficient (Wildman–Crippen LogP) is 2.95. The minimum absolute atomic E-state index is 0.0630. The van der Waals surface area contributed by atoms with Crippen LogP contribution in [0.25, 0.3) is 0 Å². The second kappa shape index (κ2) is 7.17. The zero-order valence-electron chi connectivity index (χ0n) is 17.0. The van der Waals surface area contributed by atoms with Crippen molar-refractivity contribution in [2.24, 2.45) is 10.8 Å². The number of likely N-dealkylation sites (tertiary alicyclic amines) is 1. The number of ether oxygens (including phenoxy) is 1. The van der Waals surface area contributed by atoms with Crippen molar-refractivity contribution in [2.45, 2.75) is 78.0 Å². The van der Waals surface area contributed by atoms with Crippen LogP contribution in [0.3, 0.4) is 0 Å². The fourth-order valence-electron chi connectivity index (χ4n) is 3.75. The standard InChI is InChI=1S/C20H32N2O5/c1-7-8-9-19(5,6)16(25)21-12-20-10-13(15(23)24)22(14(20)11-20)17(26)27-18(2,3)4/h7,13-14H,1,8-12H2,2-6H3,(H,21,25)(H,23,24)/t13-,14+,20-/m0/s1. The molecule has 0 unspecified atom stereocenters. The number of nitrogens with zero attached hydrogens (tertiary/aromatic N) is 1. The van der Waals surface area contributed by atoms with Gasteiger partial charge in [-0.2, -0.15) is 0 Å². The molecule has 2 aliphatic rings. The second-order valence-corrected chi connectivity index (χ2v) is 9.42.